The molecule has 2 bridgehead atoms. The van der Waals surface area contributed by atoms with Crippen LogP contribution < -0.4 is 0 Å². The van der Waals surface area contributed by atoms with Crippen LogP contribution >= 0.6 is 11.6 Å². The molecule has 4 nitrogen and oxygen atoms in total. The first-order chi connectivity index (χ1) is 15.6. The van der Waals surface area contributed by atoms with E-state index in [2.05, 4.69) is 28.6 Å². The molecule has 0 saturated carbocycles. The molecule has 3 aliphatic rings. The summed E-state index contributed by atoms with van der Waals surface area (Å²) in [6.07, 6.45) is 5.88. The van der Waals surface area contributed by atoms with E-state index in [0.717, 1.165) is 41.5 Å². The Labute approximate surface area is 193 Å². The number of nitrogens with zero attached hydrogens (tertiary/aromatic N) is 2. The van der Waals surface area contributed by atoms with E-state index in [1.54, 1.807) is 6.07 Å². The van der Waals surface area contributed by atoms with E-state index in [9.17, 15) is 4.79 Å². The summed E-state index contributed by atoms with van der Waals surface area (Å²) in [7, 11) is 0. The van der Waals surface area contributed by atoms with Gasteiger partial charge in [0.1, 0.15) is 6.10 Å². The van der Waals surface area contributed by atoms with E-state index in [1.807, 2.05) is 48.7 Å². The largest absolute Gasteiger partial charge is 0.456 e. The first-order valence-corrected chi connectivity index (χ1v) is 11.6. The molecule has 164 valence electrons. The molecule has 0 radical (unpaired) electrons. The molecule has 32 heavy (non-hydrogen) atoms. The van der Waals surface area contributed by atoms with Crippen molar-refractivity contribution in [3.8, 4) is 0 Å². The maximum atomic E-state index is 13.1. The van der Waals surface area contributed by atoms with Gasteiger partial charge in [-0.05, 0) is 55.0 Å². The van der Waals surface area contributed by atoms with Crippen molar-refractivity contribution in [2.45, 2.75) is 31.4 Å². The lowest BCUT2D eigenvalue weighted by atomic mass is 9.73. The van der Waals surface area contributed by atoms with E-state index in [1.165, 1.54) is 6.42 Å². The van der Waals surface area contributed by atoms with Crippen LogP contribution in [0.2, 0.25) is 5.02 Å². The SMILES string of the molecule is C=C[C@H]1CN2CC[C@@H]1C[C@@H]2[C@H](OC(=O)Cc1ccccc1Cl)c1ccnc2ccccc12. The second-order valence-corrected chi connectivity index (χ2v) is 9.25. The highest BCUT2D eigenvalue weighted by molar-refractivity contribution is 6.31. The molecule has 1 aromatic heterocycles. The van der Waals surface area contributed by atoms with Gasteiger partial charge in [-0.15, -0.1) is 6.58 Å². The molecule has 3 fully saturated rings. The number of benzene rings is 2. The molecule has 6 rings (SSSR count). The predicted octanol–water partition coefficient (Wildman–Crippen LogP) is 5.61. The molecule has 4 heterocycles. The van der Waals surface area contributed by atoms with Crippen molar-refractivity contribution < 1.29 is 9.53 Å². The molecule has 3 aromatic rings. The number of hydrogen-bond acceptors (Lipinski definition) is 4. The molecule has 3 aliphatic heterocycles. The zero-order valence-electron chi connectivity index (χ0n) is 18.0. The van der Waals surface area contributed by atoms with Gasteiger partial charge < -0.3 is 4.74 Å². The second-order valence-electron chi connectivity index (χ2n) is 8.84. The fourth-order valence-corrected chi connectivity index (χ4v) is 5.59. The van der Waals surface area contributed by atoms with Gasteiger partial charge in [-0.1, -0.05) is 54.1 Å². The molecule has 0 N–H and O–H groups in total. The smallest absolute Gasteiger partial charge is 0.310 e. The third-order valence-corrected chi connectivity index (χ3v) is 7.41. The minimum Gasteiger partial charge on any atom is -0.456 e. The number of piperidine rings is 3. The number of ether oxygens (including phenoxy) is 1. The van der Waals surface area contributed by atoms with Crippen LogP contribution in [0.1, 0.15) is 30.1 Å². The van der Waals surface area contributed by atoms with Gasteiger partial charge in [0.2, 0.25) is 0 Å². The summed E-state index contributed by atoms with van der Waals surface area (Å²) >= 11 is 6.30. The molecule has 2 aromatic carbocycles. The number of pyridine rings is 1. The number of carbonyl (C=O) groups excluding carboxylic acids is 1. The zero-order chi connectivity index (χ0) is 22.1. The lowest BCUT2D eigenvalue weighted by Gasteiger charge is -2.51. The van der Waals surface area contributed by atoms with Crippen LogP contribution in [0.5, 0.6) is 0 Å². The standard InChI is InChI=1S/C27H27ClN2O2/c1-2-18-17-30-14-12-19(18)15-25(30)27(22-11-13-29-24-10-6-4-8-21(22)24)32-26(31)16-20-7-3-5-9-23(20)28/h2-11,13,18-19,25,27H,1,12,14-17H2/t18-,19+,25+,27+/m0/s1. The lowest BCUT2D eigenvalue weighted by molar-refractivity contribution is -0.156. The Bertz CT molecular complexity index is 1140. The number of carbonyl (C=O) groups is 1. The Morgan fingerprint density at radius 2 is 2.03 bits per heavy atom. The number of halogens is 1. The van der Waals surface area contributed by atoms with Crippen LogP contribution in [0.4, 0.5) is 0 Å². The van der Waals surface area contributed by atoms with Crippen LogP contribution in [0, 0.1) is 11.8 Å². The molecular weight excluding hydrogens is 420 g/mol. The Kier molecular flexibility index (Phi) is 5.99. The molecule has 0 spiro atoms. The Hall–Kier alpha value is -2.69. The van der Waals surface area contributed by atoms with Crippen molar-refractivity contribution >= 4 is 28.5 Å². The number of fused-ring (bicyclic) bond motifs is 4. The Morgan fingerprint density at radius 3 is 2.81 bits per heavy atom. The molecule has 5 atom stereocenters. The van der Waals surface area contributed by atoms with Crippen LogP contribution in [0.3, 0.4) is 0 Å². The van der Waals surface area contributed by atoms with Crippen LogP contribution in [0.25, 0.3) is 10.9 Å². The number of hydrogen-bond donors (Lipinski definition) is 0. The normalized spacial score (nSPS) is 25.4. The maximum absolute atomic E-state index is 13.1. The predicted molar refractivity (Wildman–Crippen MR) is 128 cm³/mol. The third-order valence-electron chi connectivity index (χ3n) is 7.04. The molecular formula is C27H27ClN2O2. The summed E-state index contributed by atoms with van der Waals surface area (Å²) in [4.78, 5) is 20.1. The van der Waals surface area contributed by atoms with Gasteiger partial charge in [-0.3, -0.25) is 14.7 Å². The summed E-state index contributed by atoms with van der Waals surface area (Å²) in [5, 5.41) is 1.62. The van der Waals surface area contributed by atoms with E-state index in [-0.39, 0.29) is 24.5 Å². The van der Waals surface area contributed by atoms with E-state index in [0.29, 0.717) is 16.9 Å². The van der Waals surface area contributed by atoms with Gasteiger partial charge in [-0.25, -0.2) is 0 Å². The van der Waals surface area contributed by atoms with Gasteiger partial charge in [0.05, 0.1) is 18.0 Å². The Balaban J connectivity index is 1.49. The number of rotatable bonds is 6. The average Bonchev–Trinajstić information content (AvgIpc) is 2.84. The fraction of sp³-hybridized carbons (Fsp3) is 0.333. The van der Waals surface area contributed by atoms with Crippen LogP contribution in [-0.4, -0.2) is 35.0 Å². The second kappa shape index (κ2) is 9.05. The third kappa shape index (κ3) is 4.05. The van der Waals surface area contributed by atoms with Crippen LogP contribution in [-0.2, 0) is 16.0 Å². The summed E-state index contributed by atoms with van der Waals surface area (Å²) < 4.78 is 6.27. The Morgan fingerprint density at radius 1 is 1.22 bits per heavy atom. The van der Waals surface area contributed by atoms with E-state index < -0.39 is 0 Å². The molecule has 5 heteroatoms. The van der Waals surface area contributed by atoms with Crippen molar-refractivity contribution in [1.29, 1.82) is 0 Å². The summed E-state index contributed by atoms with van der Waals surface area (Å²) in [5.41, 5.74) is 2.72. The summed E-state index contributed by atoms with van der Waals surface area (Å²) in [6.45, 7) is 6.04. The highest BCUT2D eigenvalue weighted by Gasteiger charge is 2.44. The van der Waals surface area contributed by atoms with Crippen molar-refractivity contribution in [2.24, 2.45) is 11.8 Å². The van der Waals surface area contributed by atoms with Crippen molar-refractivity contribution in [1.82, 2.24) is 9.88 Å². The topological polar surface area (TPSA) is 42.4 Å². The quantitative estimate of drug-likeness (QED) is 0.364. The lowest BCUT2D eigenvalue weighted by Crippen LogP contribution is -2.55. The molecule has 0 aliphatic carbocycles. The van der Waals surface area contributed by atoms with Crippen LogP contribution in [0.15, 0.2) is 73.4 Å². The maximum Gasteiger partial charge on any atom is 0.310 e. The van der Waals surface area contributed by atoms with Gasteiger partial charge in [0, 0.05) is 28.7 Å². The highest BCUT2D eigenvalue weighted by atomic mass is 35.5. The first kappa shape index (κ1) is 21.2. The number of para-hydroxylation sites is 1. The average molecular weight is 447 g/mol. The van der Waals surface area contributed by atoms with Gasteiger partial charge in [0.25, 0.3) is 0 Å². The minimum atomic E-state index is -0.355. The monoisotopic (exact) mass is 446 g/mol. The van der Waals surface area contributed by atoms with Crippen molar-refractivity contribution in [3.63, 3.8) is 0 Å². The van der Waals surface area contributed by atoms with Gasteiger partial charge >= 0.3 is 5.97 Å². The van der Waals surface area contributed by atoms with Crippen molar-refractivity contribution in [3.05, 3.63) is 89.6 Å². The van der Waals surface area contributed by atoms with Crippen molar-refractivity contribution in [2.75, 3.05) is 13.1 Å². The fourth-order valence-electron chi connectivity index (χ4n) is 5.39. The van der Waals surface area contributed by atoms with E-state index >= 15 is 0 Å². The highest BCUT2D eigenvalue weighted by Crippen LogP contribution is 2.43. The summed E-state index contributed by atoms with van der Waals surface area (Å²) in [5.74, 6) is 0.834. The minimum absolute atomic E-state index is 0.144. The zero-order valence-corrected chi connectivity index (χ0v) is 18.7. The molecule has 1 unspecified atom stereocenters. The molecule has 3 saturated heterocycles. The summed E-state index contributed by atoms with van der Waals surface area (Å²) in [6, 6.07) is 17.7. The number of esters is 1. The van der Waals surface area contributed by atoms with E-state index in [4.69, 9.17) is 16.3 Å². The van der Waals surface area contributed by atoms with Gasteiger partial charge in [-0.2, -0.15) is 0 Å². The number of aromatic nitrogens is 1. The van der Waals surface area contributed by atoms with Gasteiger partial charge in [0.15, 0.2) is 0 Å². The molecule has 0 amide bonds. The first-order valence-electron chi connectivity index (χ1n) is 11.3.